The van der Waals surface area contributed by atoms with E-state index in [0.29, 0.717) is 0 Å². The number of ether oxygens (including phenoxy) is 3. The molecule has 0 aliphatic rings. The number of methoxy groups -OCH3 is 2. The molecule has 0 saturated carbocycles. The summed E-state index contributed by atoms with van der Waals surface area (Å²) in [4.78, 5) is 0. The average Bonchev–Trinajstić information content (AvgIpc) is 2.62. The fraction of sp³-hybridized carbons (Fsp3) is 0.400. The molecule has 3 nitrogen and oxygen atoms in total. The minimum absolute atomic E-state index is 0.814. The summed E-state index contributed by atoms with van der Waals surface area (Å²) in [6.07, 6.45) is 4.19. The van der Waals surface area contributed by atoms with Crippen LogP contribution in [0.4, 0.5) is 0 Å². The summed E-state index contributed by atoms with van der Waals surface area (Å²) in [5, 5.41) is 0. The van der Waals surface area contributed by atoms with Crippen molar-refractivity contribution < 1.29 is 14.2 Å². The maximum atomic E-state index is 5.72. The van der Waals surface area contributed by atoms with Crippen LogP contribution in [0, 0.1) is 0 Å². The number of hydrogen-bond acceptors (Lipinski definition) is 3. The van der Waals surface area contributed by atoms with Crippen molar-refractivity contribution >= 4 is 0 Å². The van der Waals surface area contributed by atoms with Crippen LogP contribution >= 0.6 is 0 Å². The molecule has 0 radical (unpaired) electrons. The van der Waals surface area contributed by atoms with E-state index >= 15 is 0 Å². The number of aryl methyl sites for hydroxylation is 2. The smallest absolute Gasteiger partial charge is 0.118 e. The quantitative estimate of drug-likeness (QED) is 0.612. The van der Waals surface area contributed by atoms with Crippen LogP contribution in [0.15, 0.2) is 48.5 Å². The molecule has 0 unspecified atom stereocenters. The van der Waals surface area contributed by atoms with E-state index in [4.69, 9.17) is 14.2 Å². The molecule has 0 bridgehead atoms. The van der Waals surface area contributed by atoms with Crippen LogP contribution in [-0.2, 0) is 17.6 Å². The lowest BCUT2D eigenvalue weighted by Crippen LogP contribution is -2.00. The summed E-state index contributed by atoms with van der Waals surface area (Å²) in [5.41, 5.74) is 2.65. The molecule has 0 aromatic heterocycles. The maximum Gasteiger partial charge on any atom is 0.118 e. The van der Waals surface area contributed by atoms with Gasteiger partial charge in [-0.15, -0.1) is 0 Å². The molecule has 0 aliphatic heterocycles. The Morgan fingerprint density at radius 3 is 1.35 bits per heavy atom. The van der Waals surface area contributed by atoms with E-state index in [1.807, 2.05) is 24.3 Å². The Morgan fingerprint density at radius 1 is 0.609 bits per heavy atom. The number of benzene rings is 2. The Labute approximate surface area is 139 Å². The summed E-state index contributed by atoms with van der Waals surface area (Å²) in [6, 6.07) is 16.5. The molecule has 0 spiro atoms. The molecule has 124 valence electrons. The summed E-state index contributed by atoms with van der Waals surface area (Å²) in [6.45, 7) is 1.63. The Balaban J connectivity index is 1.53. The van der Waals surface area contributed by atoms with Crippen molar-refractivity contribution in [3.8, 4) is 11.5 Å². The van der Waals surface area contributed by atoms with Gasteiger partial charge in [0, 0.05) is 13.2 Å². The van der Waals surface area contributed by atoms with Gasteiger partial charge in [-0.25, -0.2) is 0 Å². The van der Waals surface area contributed by atoms with Gasteiger partial charge >= 0.3 is 0 Å². The standard InChI is InChI=1S/C20H26O3/c1-21-19-11-7-17(8-12-19)5-3-15-23-16-4-6-18-9-13-20(22-2)14-10-18/h7-14H,3-6,15-16H2,1-2H3. The third kappa shape index (κ3) is 6.33. The van der Waals surface area contributed by atoms with Gasteiger partial charge in [-0.2, -0.15) is 0 Å². The van der Waals surface area contributed by atoms with Gasteiger partial charge in [0.2, 0.25) is 0 Å². The molecule has 2 aromatic carbocycles. The Kier molecular flexibility index (Phi) is 7.47. The van der Waals surface area contributed by atoms with Crippen LogP contribution < -0.4 is 9.47 Å². The summed E-state index contributed by atoms with van der Waals surface area (Å²) < 4.78 is 16.0. The minimum atomic E-state index is 0.814. The third-order valence-electron chi connectivity index (χ3n) is 3.83. The fourth-order valence-electron chi connectivity index (χ4n) is 2.44. The predicted molar refractivity (Wildman–Crippen MR) is 93.4 cm³/mol. The lowest BCUT2D eigenvalue weighted by molar-refractivity contribution is 0.130. The van der Waals surface area contributed by atoms with Crippen molar-refractivity contribution in [2.75, 3.05) is 27.4 Å². The monoisotopic (exact) mass is 314 g/mol. The van der Waals surface area contributed by atoms with Crippen LogP contribution in [0.2, 0.25) is 0 Å². The highest BCUT2D eigenvalue weighted by Gasteiger charge is 1.97. The van der Waals surface area contributed by atoms with Gasteiger partial charge in [0.25, 0.3) is 0 Å². The van der Waals surface area contributed by atoms with E-state index in [2.05, 4.69) is 24.3 Å². The first-order chi connectivity index (χ1) is 11.3. The zero-order chi connectivity index (χ0) is 16.3. The van der Waals surface area contributed by atoms with E-state index < -0.39 is 0 Å². The van der Waals surface area contributed by atoms with Crippen molar-refractivity contribution in [2.24, 2.45) is 0 Å². The van der Waals surface area contributed by atoms with Crippen molar-refractivity contribution in [1.29, 1.82) is 0 Å². The second-order valence-electron chi connectivity index (χ2n) is 5.52. The molecule has 0 aliphatic carbocycles. The van der Waals surface area contributed by atoms with E-state index in [0.717, 1.165) is 50.4 Å². The molecule has 0 fully saturated rings. The van der Waals surface area contributed by atoms with Crippen molar-refractivity contribution in [3.05, 3.63) is 59.7 Å². The Morgan fingerprint density at radius 2 is 1.00 bits per heavy atom. The molecule has 3 heteroatoms. The molecular formula is C20H26O3. The highest BCUT2D eigenvalue weighted by Crippen LogP contribution is 2.13. The van der Waals surface area contributed by atoms with E-state index in [9.17, 15) is 0 Å². The van der Waals surface area contributed by atoms with Crippen molar-refractivity contribution in [3.63, 3.8) is 0 Å². The fourth-order valence-corrected chi connectivity index (χ4v) is 2.44. The van der Waals surface area contributed by atoms with Gasteiger partial charge < -0.3 is 14.2 Å². The van der Waals surface area contributed by atoms with Crippen molar-refractivity contribution in [1.82, 2.24) is 0 Å². The first-order valence-electron chi connectivity index (χ1n) is 8.15. The molecule has 0 amide bonds. The second kappa shape index (κ2) is 9.90. The van der Waals surface area contributed by atoms with Gasteiger partial charge in [0.1, 0.15) is 11.5 Å². The molecule has 2 rings (SSSR count). The topological polar surface area (TPSA) is 27.7 Å². The molecule has 0 N–H and O–H groups in total. The molecule has 2 aromatic rings. The van der Waals surface area contributed by atoms with E-state index in [-0.39, 0.29) is 0 Å². The maximum absolute atomic E-state index is 5.72. The summed E-state index contributed by atoms with van der Waals surface area (Å²) >= 11 is 0. The van der Waals surface area contributed by atoms with Gasteiger partial charge in [0.15, 0.2) is 0 Å². The van der Waals surface area contributed by atoms with Crippen LogP contribution in [0.25, 0.3) is 0 Å². The highest BCUT2D eigenvalue weighted by molar-refractivity contribution is 5.27. The SMILES string of the molecule is COc1ccc(CCCOCCCc2ccc(OC)cc2)cc1. The zero-order valence-corrected chi connectivity index (χ0v) is 14.1. The van der Waals surface area contributed by atoms with E-state index in [1.54, 1.807) is 14.2 Å². The van der Waals surface area contributed by atoms with Gasteiger partial charge in [-0.1, -0.05) is 24.3 Å². The average molecular weight is 314 g/mol. The normalized spacial score (nSPS) is 10.5. The van der Waals surface area contributed by atoms with Crippen LogP contribution in [0.5, 0.6) is 11.5 Å². The third-order valence-corrected chi connectivity index (χ3v) is 3.83. The summed E-state index contributed by atoms with van der Waals surface area (Å²) in [5.74, 6) is 1.81. The van der Waals surface area contributed by atoms with Gasteiger partial charge in [-0.3, -0.25) is 0 Å². The zero-order valence-electron chi connectivity index (χ0n) is 14.1. The largest absolute Gasteiger partial charge is 0.497 e. The summed E-state index contributed by atoms with van der Waals surface area (Å²) in [7, 11) is 3.38. The highest BCUT2D eigenvalue weighted by atomic mass is 16.5. The van der Waals surface area contributed by atoms with Crippen LogP contribution in [0.3, 0.4) is 0 Å². The lowest BCUT2D eigenvalue weighted by atomic mass is 10.1. The Hall–Kier alpha value is -2.00. The second-order valence-corrected chi connectivity index (χ2v) is 5.52. The number of hydrogen-bond donors (Lipinski definition) is 0. The van der Waals surface area contributed by atoms with Crippen LogP contribution in [-0.4, -0.2) is 27.4 Å². The van der Waals surface area contributed by atoms with Gasteiger partial charge in [-0.05, 0) is 61.1 Å². The first-order valence-corrected chi connectivity index (χ1v) is 8.15. The molecule has 23 heavy (non-hydrogen) atoms. The number of rotatable bonds is 10. The molecule has 0 heterocycles. The molecule has 0 saturated heterocycles. The van der Waals surface area contributed by atoms with Gasteiger partial charge in [0.05, 0.1) is 14.2 Å². The first kappa shape index (κ1) is 17.4. The molecule has 0 atom stereocenters. The lowest BCUT2D eigenvalue weighted by Gasteiger charge is -2.06. The predicted octanol–water partition coefficient (Wildman–Crippen LogP) is 4.29. The van der Waals surface area contributed by atoms with E-state index in [1.165, 1.54) is 11.1 Å². The molecular weight excluding hydrogens is 288 g/mol. The van der Waals surface area contributed by atoms with Crippen molar-refractivity contribution in [2.45, 2.75) is 25.7 Å². The minimum Gasteiger partial charge on any atom is -0.497 e. The van der Waals surface area contributed by atoms with Crippen LogP contribution in [0.1, 0.15) is 24.0 Å². The Bertz CT molecular complexity index is 495.